The van der Waals surface area contributed by atoms with E-state index in [9.17, 15) is 29.4 Å². The van der Waals surface area contributed by atoms with Crippen molar-refractivity contribution >= 4 is 40.5 Å². The minimum atomic E-state index is -2.32. The van der Waals surface area contributed by atoms with Gasteiger partial charge in [0.05, 0.1) is 21.7 Å². The molecule has 2 N–H and O–H groups in total. The molecule has 0 unspecified atom stereocenters. The zero-order valence-corrected chi connectivity index (χ0v) is 20.6. The predicted molar refractivity (Wildman–Crippen MR) is 112 cm³/mol. The predicted octanol–water partition coefficient (Wildman–Crippen LogP) is 3.24. The van der Waals surface area contributed by atoms with E-state index >= 15 is 0 Å². The summed E-state index contributed by atoms with van der Waals surface area (Å²) >= 11 is 0. The summed E-state index contributed by atoms with van der Waals surface area (Å²) in [7, 11) is -4.64. The van der Waals surface area contributed by atoms with Crippen LogP contribution in [0.4, 0.5) is 0 Å². The van der Waals surface area contributed by atoms with Gasteiger partial charge in [-0.3, -0.25) is 19.2 Å². The van der Waals surface area contributed by atoms with Crippen LogP contribution >= 0.6 is 0 Å². The lowest BCUT2D eigenvalue weighted by Crippen LogP contribution is -2.69. The van der Waals surface area contributed by atoms with Crippen LogP contribution in [0.15, 0.2) is 0 Å². The molecule has 0 radical (unpaired) electrons. The van der Waals surface area contributed by atoms with Crippen LogP contribution in [-0.2, 0) is 28.0 Å². The number of rotatable bonds is 6. The van der Waals surface area contributed by atoms with Crippen LogP contribution in [0, 0.1) is 21.7 Å². The molecule has 30 heavy (non-hydrogen) atoms. The van der Waals surface area contributed by atoms with E-state index in [2.05, 4.69) is 0 Å². The Labute approximate surface area is 178 Å². The molecule has 4 bridgehead atoms. The first-order chi connectivity index (χ1) is 13.4. The van der Waals surface area contributed by atoms with Gasteiger partial charge in [0, 0.05) is 0 Å². The summed E-state index contributed by atoms with van der Waals surface area (Å²) in [6.07, 6.45) is 0.0575. The molecule has 4 rings (SSSR count). The third-order valence-corrected chi connectivity index (χ3v) is 8.23. The summed E-state index contributed by atoms with van der Waals surface area (Å²) < 4.78 is 11.5. The van der Waals surface area contributed by atoms with Crippen molar-refractivity contribution < 1.29 is 38.2 Å². The van der Waals surface area contributed by atoms with Crippen LogP contribution < -0.4 is 0 Å². The topological polar surface area (TPSA) is 127 Å². The van der Waals surface area contributed by atoms with Gasteiger partial charge in [-0.2, -0.15) is 0 Å². The number of carboxylic acid groups (broad SMARTS) is 2. The summed E-state index contributed by atoms with van der Waals surface area (Å²) in [5.74, 6) is -3.41. The van der Waals surface area contributed by atoms with Crippen molar-refractivity contribution in [3.05, 3.63) is 0 Å². The Morgan fingerprint density at radius 2 is 0.800 bits per heavy atom. The van der Waals surface area contributed by atoms with Crippen molar-refractivity contribution in [1.82, 2.24) is 0 Å². The number of aliphatic carboxylic acids is 2. The molecule has 4 aliphatic rings. The zero-order valence-electron chi connectivity index (χ0n) is 18.6. The van der Waals surface area contributed by atoms with E-state index in [1.54, 1.807) is 0 Å². The van der Waals surface area contributed by atoms with Crippen molar-refractivity contribution in [2.45, 2.75) is 77.8 Å². The Bertz CT molecular complexity index is 742. The minimum absolute atomic E-state index is 0.00958. The first-order valence-corrected chi connectivity index (χ1v) is 17.1. The fourth-order valence-corrected chi connectivity index (χ4v) is 7.84. The molecule has 0 saturated heterocycles. The average Bonchev–Trinajstić information content (AvgIpc) is 2.50. The van der Waals surface area contributed by atoms with Gasteiger partial charge in [-0.15, -0.1) is 0 Å². The molecular weight excluding hydrogens is 424 g/mol. The molecule has 0 spiro atoms. The fraction of sp³-hybridized carbons (Fsp3) is 0.800. The highest BCUT2D eigenvalue weighted by molar-refractivity contribution is 6.71. The van der Waals surface area contributed by atoms with Gasteiger partial charge in [0.25, 0.3) is 11.9 Å². The molecule has 8 nitrogen and oxygen atoms in total. The van der Waals surface area contributed by atoms with Crippen molar-refractivity contribution in [2.24, 2.45) is 21.7 Å². The van der Waals surface area contributed by atoms with Crippen LogP contribution in [0.3, 0.4) is 0 Å². The smallest absolute Gasteiger partial charge is 0.309 e. The number of carbonyl (C=O) groups is 4. The fourth-order valence-electron chi connectivity index (χ4n) is 6.30. The first-order valence-electron chi connectivity index (χ1n) is 10.3. The van der Waals surface area contributed by atoms with E-state index in [0.717, 1.165) is 0 Å². The maximum Gasteiger partial charge on any atom is 0.309 e. The average molecular weight is 457 g/mol. The normalized spacial score (nSPS) is 37.5. The first kappa shape index (κ1) is 23.0. The molecule has 0 atom stereocenters. The molecule has 0 aromatic heterocycles. The lowest BCUT2D eigenvalue weighted by molar-refractivity contribution is -0.228. The number of carbonyl (C=O) groups excluding carboxylic acids is 2. The standard InChI is InChI=1S/C20H32O8Si2/c1-29(2,3)27-15(25)19-8-17(13(21)22)7-18(9-19,14(23)24)11-20(10-17,12-19)16(26)28-30(4,5)6/h7-12H2,1-6H3,(H,21,22)(H,23,24). The Hall–Kier alpha value is -1.69. The Morgan fingerprint density at radius 3 is 1.03 bits per heavy atom. The quantitative estimate of drug-likeness (QED) is 0.583. The number of hydrogen-bond acceptors (Lipinski definition) is 6. The summed E-state index contributed by atoms with van der Waals surface area (Å²) in [5, 5.41) is 20.3. The van der Waals surface area contributed by atoms with E-state index in [0.29, 0.717) is 0 Å². The van der Waals surface area contributed by atoms with E-state index < -0.39 is 62.2 Å². The van der Waals surface area contributed by atoms with Gasteiger partial charge in [0.1, 0.15) is 0 Å². The molecule has 0 aromatic rings. The van der Waals surface area contributed by atoms with Gasteiger partial charge in [-0.25, -0.2) is 0 Å². The molecule has 0 heterocycles. The second-order valence-electron chi connectivity index (χ2n) is 11.8. The van der Waals surface area contributed by atoms with Gasteiger partial charge in [-0.05, 0) is 77.8 Å². The molecule has 4 saturated carbocycles. The Balaban J connectivity index is 2.17. The van der Waals surface area contributed by atoms with Gasteiger partial charge < -0.3 is 19.1 Å². The van der Waals surface area contributed by atoms with Gasteiger partial charge in [0.2, 0.25) is 16.6 Å². The SMILES string of the molecule is C[Si](C)(C)OC(=O)C12CC3(C(=O)O)CC(C(=O)O)(C1)CC(C(=O)O[Si](C)(C)C)(C3)C2. The van der Waals surface area contributed by atoms with Crippen molar-refractivity contribution in [2.75, 3.05) is 0 Å². The monoisotopic (exact) mass is 456 g/mol. The molecule has 0 aromatic carbocycles. The zero-order chi connectivity index (χ0) is 23.0. The van der Waals surface area contributed by atoms with Crippen molar-refractivity contribution in [3.8, 4) is 0 Å². The van der Waals surface area contributed by atoms with E-state index in [4.69, 9.17) is 8.85 Å². The maximum atomic E-state index is 13.4. The summed E-state index contributed by atoms with van der Waals surface area (Å²) in [6, 6.07) is 0. The summed E-state index contributed by atoms with van der Waals surface area (Å²) in [6.45, 7) is 11.1. The van der Waals surface area contributed by atoms with Crippen LogP contribution in [0.1, 0.15) is 38.5 Å². The lowest BCUT2D eigenvalue weighted by atomic mass is 9.35. The third kappa shape index (κ3) is 3.61. The molecule has 4 fully saturated rings. The molecular formula is C20H32O8Si2. The van der Waals surface area contributed by atoms with E-state index in [-0.39, 0.29) is 38.5 Å². The second-order valence-corrected chi connectivity index (χ2v) is 20.7. The molecule has 0 amide bonds. The van der Waals surface area contributed by atoms with E-state index in [1.165, 1.54) is 0 Å². The van der Waals surface area contributed by atoms with Crippen LogP contribution in [0.2, 0.25) is 39.3 Å². The Kier molecular flexibility index (Phi) is 4.91. The van der Waals surface area contributed by atoms with Crippen molar-refractivity contribution in [3.63, 3.8) is 0 Å². The third-order valence-electron chi connectivity index (χ3n) is 6.63. The van der Waals surface area contributed by atoms with Crippen LogP contribution in [0.25, 0.3) is 0 Å². The number of hydrogen-bond donors (Lipinski definition) is 2. The molecule has 168 valence electrons. The summed E-state index contributed by atoms with van der Waals surface area (Å²) in [4.78, 5) is 51.6. The van der Waals surface area contributed by atoms with Gasteiger partial charge in [0.15, 0.2) is 0 Å². The van der Waals surface area contributed by atoms with Crippen molar-refractivity contribution in [1.29, 1.82) is 0 Å². The highest BCUT2D eigenvalue weighted by atomic mass is 28.4. The lowest BCUT2D eigenvalue weighted by Gasteiger charge is -2.66. The van der Waals surface area contributed by atoms with Crippen LogP contribution in [-0.4, -0.2) is 50.7 Å². The second kappa shape index (κ2) is 6.41. The minimum Gasteiger partial charge on any atom is -0.519 e. The summed E-state index contributed by atoms with van der Waals surface area (Å²) in [5.41, 5.74) is -5.51. The maximum absolute atomic E-state index is 13.4. The highest BCUT2D eigenvalue weighted by Crippen LogP contribution is 2.74. The van der Waals surface area contributed by atoms with Gasteiger partial charge >= 0.3 is 11.9 Å². The van der Waals surface area contributed by atoms with Gasteiger partial charge in [-0.1, -0.05) is 0 Å². The van der Waals surface area contributed by atoms with E-state index in [1.807, 2.05) is 39.3 Å². The molecule has 4 aliphatic carbocycles. The Morgan fingerprint density at radius 1 is 0.567 bits per heavy atom. The largest absolute Gasteiger partial charge is 0.519 e. The van der Waals surface area contributed by atoms with Crippen LogP contribution in [0.5, 0.6) is 0 Å². The number of carboxylic acids is 2. The molecule has 10 heteroatoms. The highest BCUT2D eigenvalue weighted by Gasteiger charge is 2.77. The molecule has 0 aliphatic heterocycles.